The Morgan fingerprint density at radius 2 is 1.57 bits per heavy atom. The first kappa shape index (κ1) is 24.5. The van der Waals surface area contributed by atoms with Crippen LogP contribution in [-0.4, -0.2) is 43.4 Å². The molecule has 0 aliphatic heterocycles. The number of Topliss-reactive ketones (excluding diaryl/α,β-unsaturated/α-hetero) is 1. The van der Waals surface area contributed by atoms with Crippen molar-refractivity contribution >= 4 is 23.7 Å². The Bertz CT molecular complexity index is 448. The van der Waals surface area contributed by atoms with Gasteiger partial charge in [0.05, 0.1) is 38.6 Å². The van der Waals surface area contributed by atoms with E-state index in [1.165, 1.54) is 0 Å². The van der Waals surface area contributed by atoms with Crippen molar-refractivity contribution in [2.45, 2.75) is 33.1 Å². The molecule has 8 nitrogen and oxygen atoms in total. The summed E-state index contributed by atoms with van der Waals surface area (Å²) in [5.41, 5.74) is 0.0315. The number of carboxylic acid groups (broad SMARTS) is 1. The minimum atomic E-state index is -1.36. The first-order chi connectivity index (χ1) is 10.4. The van der Waals surface area contributed by atoms with Crippen LogP contribution in [0.15, 0.2) is 11.8 Å². The standard InChI is InChI=1S/C14H21NO7.K/c1-3-21-13(19)6-5-11(16)10(7-14(20)22-4-2)8-15-9-12(17)18;/h8,15H,3-7,9H2,1-2H3,(H,17,18);/q;+1/p-1/b10-8-;. The fourth-order valence-electron chi connectivity index (χ4n) is 1.46. The molecule has 124 valence electrons. The van der Waals surface area contributed by atoms with E-state index in [-0.39, 0.29) is 89.4 Å². The number of hydrogen-bond acceptors (Lipinski definition) is 8. The van der Waals surface area contributed by atoms with Gasteiger partial charge in [0.2, 0.25) is 0 Å². The van der Waals surface area contributed by atoms with Gasteiger partial charge in [-0.15, -0.1) is 0 Å². The van der Waals surface area contributed by atoms with Gasteiger partial charge in [-0.25, -0.2) is 0 Å². The van der Waals surface area contributed by atoms with Crippen molar-refractivity contribution in [3.63, 3.8) is 0 Å². The van der Waals surface area contributed by atoms with Gasteiger partial charge in [-0.1, -0.05) is 0 Å². The minimum Gasteiger partial charge on any atom is -0.548 e. The van der Waals surface area contributed by atoms with E-state index in [1.54, 1.807) is 13.8 Å². The summed E-state index contributed by atoms with van der Waals surface area (Å²) in [6.07, 6.45) is 0.556. The molecule has 0 rings (SSSR count). The van der Waals surface area contributed by atoms with E-state index in [0.29, 0.717) is 0 Å². The van der Waals surface area contributed by atoms with E-state index in [9.17, 15) is 24.3 Å². The first-order valence-electron chi connectivity index (χ1n) is 6.87. The van der Waals surface area contributed by atoms with Crippen LogP contribution in [0.3, 0.4) is 0 Å². The molecular formula is C14H20KNO7. The predicted octanol–water partition coefficient (Wildman–Crippen LogP) is -3.92. The Kier molecular flexibility index (Phi) is 15.8. The summed E-state index contributed by atoms with van der Waals surface area (Å²) in [6.45, 7) is 3.15. The number of carboxylic acids is 1. The van der Waals surface area contributed by atoms with Crippen molar-refractivity contribution in [1.82, 2.24) is 5.32 Å². The Morgan fingerprint density at radius 3 is 2.09 bits per heavy atom. The zero-order valence-corrected chi connectivity index (χ0v) is 16.8. The molecule has 0 atom stereocenters. The molecule has 0 aliphatic carbocycles. The second-order valence-electron chi connectivity index (χ2n) is 4.13. The van der Waals surface area contributed by atoms with E-state index in [2.05, 4.69) is 5.32 Å². The summed E-state index contributed by atoms with van der Waals surface area (Å²) in [5.74, 6) is -2.96. The van der Waals surface area contributed by atoms with Crippen LogP contribution < -0.4 is 61.8 Å². The molecule has 0 aromatic carbocycles. The van der Waals surface area contributed by atoms with Gasteiger partial charge >= 0.3 is 63.3 Å². The monoisotopic (exact) mass is 353 g/mol. The molecule has 0 unspecified atom stereocenters. The predicted molar refractivity (Wildman–Crippen MR) is 73.2 cm³/mol. The summed E-state index contributed by atoms with van der Waals surface area (Å²) >= 11 is 0. The number of esters is 2. The van der Waals surface area contributed by atoms with Crippen LogP contribution in [0.25, 0.3) is 0 Å². The normalized spacial score (nSPS) is 10.3. The Labute approximate surface area is 177 Å². The maximum atomic E-state index is 12.0. The molecule has 0 amide bonds. The molecular weight excluding hydrogens is 333 g/mol. The molecule has 0 saturated carbocycles. The summed E-state index contributed by atoms with van der Waals surface area (Å²) in [5, 5.41) is 12.7. The van der Waals surface area contributed by atoms with E-state index < -0.39 is 30.2 Å². The molecule has 0 heterocycles. The second kappa shape index (κ2) is 14.8. The van der Waals surface area contributed by atoms with Crippen molar-refractivity contribution in [2.24, 2.45) is 0 Å². The van der Waals surface area contributed by atoms with Crippen LogP contribution >= 0.6 is 0 Å². The largest absolute Gasteiger partial charge is 1.00 e. The number of nitrogens with one attached hydrogen (secondary N) is 1. The van der Waals surface area contributed by atoms with Crippen LogP contribution in [0.5, 0.6) is 0 Å². The van der Waals surface area contributed by atoms with Crippen LogP contribution in [-0.2, 0) is 28.7 Å². The van der Waals surface area contributed by atoms with E-state index in [4.69, 9.17) is 9.47 Å². The van der Waals surface area contributed by atoms with Crippen molar-refractivity contribution in [3.05, 3.63) is 11.8 Å². The Hall–Kier alpha value is -0.744. The van der Waals surface area contributed by atoms with Gasteiger partial charge in [0.15, 0.2) is 5.78 Å². The Balaban J connectivity index is 0. The van der Waals surface area contributed by atoms with Crippen LogP contribution in [0.2, 0.25) is 0 Å². The number of carbonyl (C=O) groups is 4. The van der Waals surface area contributed by atoms with E-state index in [1.807, 2.05) is 0 Å². The number of rotatable bonds is 11. The summed E-state index contributed by atoms with van der Waals surface area (Å²) in [7, 11) is 0. The first-order valence-corrected chi connectivity index (χ1v) is 6.87. The van der Waals surface area contributed by atoms with Crippen molar-refractivity contribution in [1.29, 1.82) is 0 Å². The SMILES string of the molecule is CCOC(=O)CCC(=O)/C(=C\NCC(=O)[O-])CC(=O)OCC.[K+]. The fourth-order valence-corrected chi connectivity index (χ4v) is 1.46. The van der Waals surface area contributed by atoms with E-state index in [0.717, 1.165) is 6.20 Å². The van der Waals surface area contributed by atoms with Crippen LogP contribution in [0, 0.1) is 0 Å². The van der Waals surface area contributed by atoms with E-state index >= 15 is 0 Å². The maximum Gasteiger partial charge on any atom is 1.00 e. The molecule has 9 heteroatoms. The summed E-state index contributed by atoms with van der Waals surface area (Å²) in [4.78, 5) is 44.9. The molecule has 0 radical (unpaired) electrons. The number of carbonyl (C=O) groups excluding carboxylic acids is 4. The van der Waals surface area contributed by atoms with Crippen LogP contribution in [0.4, 0.5) is 0 Å². The third-order valence-electron chi connectivity index (χ3n) is 2.38. The average Bonchev–Trinajstić information content (AvgIpc) is 2.44. The second-order valence-corrected chi connectivity index (χ2v) is 4.13. The smallest absolute Gasteiger partial charge is 0.548 e. The zero-order chi connectivity index (χ0) is 17.0. The van der Waals surface area contributed by atoms with Gasteiger partial charge < -0.3 is 24.7 Å². The summed E-state index contributed by atoms with van der Waals surface area (Å²) < 4.78 is 9.43. The molecule has 0 bridgehead atoms. The Morgan fingerprint density at radius 1 is 1.00 bits per heavy atom. The van der Waals surface area contributed by atoms with Crippen molar-refractivity contribution in [2.75, 3.05) is 19.8 Å². The van der Waals surface area contributed by atoms with Crippen molar-refractivity contribution < 1.29 is 85.1 Å². The van der Waals surface area contributed by atoms with Crippen LogP contribution in [0.1, 0.15) is 33.1 Å². The third kappa shape index (κ3) is 13.4. The number of hydrogen-bond donors (Lipinski definition) is 1. The molecule has 1 N–H and O–H groups in total. The molecule has 0 fully saturated rings. The summed E-state index contributed by atoms with van der Waals surface area (Å²) in [6, 6.07) is 0. The molecule has 0 aliphatic rings. The fraction of sp³-hybridized carbons (Fsp3) is 0.571. The van der Waals surface area contributed by atoms with Gasteiger partial charge in [0.1, 0.15) is 0 Å². The third-order valence-corrected chi connectivity index (χ3v) is 2.38. The van der Waals surface area contributed by atoms with Gasteiger partial charge in [-0.05, 0) is 13.8 Å². The minimum absolute atomic E-state index is 0. The molecule has 0 aromatic rings. The molecule has 0 spiro atoms. The average molecular weight is 353 g/mol. The quantitative estimate of drug-likeness (QED) is 0.227. The molecule has 0 saturated heterocycles. The van der Waals surface area contributed by atoms with Gasteiger partial charge in [0, 0.05) is 18.2 Å². The molecule has 23 heavy (non-hydrogen) atoms. The maximum absolute atomic E-state index is 12.0. The van der Waals surface area contributed by atoms with Crippen molar-refractivity contribution in [3.8, 4) is 0 Å². The number of aliphatic carboxylic acids is 1. The number of ketones is 1. The van der Waals surface area contributed by atoms with Gasteiger partial charge in [-0.2, -0.15) is 0 Å². The molecule has 0 aromatic heterocycles. The zero-order valence-electron chi connectivity index (χ0n) is 13.7. The van der Waals surface area contributed by atoms with Gasteiger partial charge in [0.25, 0.3) is 0 Å². The topological polar surface area (TPSA) is 122 Å². The van der Waals surface area contributed by atoms with Gasteiger partial charge in [-0.3, -0.25) is 14.4 Å². The number of ether oxygens (including phenoxy) is 2.